The number of hydrogen-bond donors (Lipinski definition) is 2. The summed E-state index contributed by atoms with van der Waals surface area (Å²) in [5.41, 5.74) is 0.728. The van der Waals surface area contributed by atoms with Crippen molar-refractivity contribution in [2.45, 2.75) is 17.4 Å². The van der Waals surface area contributed by atoms with Gasteiger partial charge in [0.2, 0.25) is 10.0 Å². The molecule has 0 saturated heterocycles. The zero-order valence-electron chi connectivity index (χ0n) is 11.4. The number of nitrogens with one attached hydrogen (secondary N) is 1. The minimum absolute atomic E-state index is 0.0389. The van der Waals surface area contributed by atoms with Crippen molar-refractivity contribution in [3.05, 3.63) is 64.6 Å². The number of hydrogen-bond acceptors (Lipinski definition) is 3. The first-order chi connectivity index (χ1) is 10.4. The monoisotopic (exact) mass is 383 g/mol. The van der Waals surface area contributed by atoms with Crippen molar-refractivity contribution in [3.63, 3.8) is 0 Å². The number of halogens is 1. The number of carboxylic acids is 1. The van der Waals surface area contributed by atoms with E-state index in [0.717, 1.165) is 10.0 Å². The van der Waals surface area contributed by atoms with E-state index in [9.17, 15) is 18.3 Å². The molecule has 0 fully saturated rings. The van der Waals surface area contributed by atoms with Gasteiger partial charge in [-0.15, -0.1) is 0 Å². The Kier molecular flexibility index (Phi) is 5.33. The molecule has 2 rings (SSSR count). The summed E-state index contributed by atoms with van der Waals surface area (Å²) in [6, 6.07) is 13.5. The van der Waals surface area contributed by atoms with Gasteiger partial charge in [0.15, 0.2) is 0 Å². The summed E-state index contributed by atoms with van der Waals surface area (Å²) in [6.45, 7) is 0. The van der Waals surface area contributed by atoms with E-state index in [2.05, 4.69) is 20.7 Å². The molecule has 2 aromatic carbocycles. The quantitative estimate of drug-likeness (QED) is 0.802. The Morgan fingerprint density at radius 3 is 2.23 bits per heavy atom. The molecule has 0 aromatic heterocycles. The number of sulfonamides is 1. The lowest BCUT2D eigenvalue weighted by molar-refractivity contribution is -0.138. The second kappa shape index (κ2) is 7.04. The van der Waals surface area contributed by atoms with E-state index >= 15 is 0 Å². The lowest BCUT2D eigenvalue weighted by Gasteiger charge is -2.15. The topological polar surface area (TPSA) is 83.5 Å². The average Bonchev–Trinajstić information content (AvgIpc) is 2.49. The smallest absolute Gasteiger partial charge is 0.322 e. The van der Waals surface area contributed by atoms with Crippen LogP contribution in [0, 0.1) is 0 Å². The highest BCUT2D eigenvalue weighted by Crippen LogP contribution is 2.14. The summed E-state index contributed by atoms with van der Waals surface area (Å²) in [7, 11) is -3.87. The molecule has 0 aliphatic heterocycles. The largest absolute Gasteiger partial charge is 0.480 e. The predicted molar refractivity (Wildman–Crippen MR) is 86.0 cm³/mol. The van der Waals surface area contributed by atoms with E-state index < -0.39 is 22.0 Å². The van der Waals surface area contributed by atoms with Gasteiger partial charge in [-0.2, -0.15) is 4.72 Å². The Labute approximate surface area is 137 Å². The number of aliphatic carboxylic acids is 1. The normalized spacial score (nSPS) is 12.8. The minimum Gasteiger partial charge on any atom is -0.480 e. The molecule has 2 aromatic rings. The molecule has 0 bridgehead atoms. The van der Waals surface area contributed by atoms with Crippen molar-refractivity contribution in [2.24, 2.45) is 0 Å². The lowest BCUT2D eigenvalue weighted by atomic mass is 10.1. The summed E-state index contributed by atoms with van der Waals surface area (Å²) in [4.78, 5) is 11.4. The molecule has 0 saturated carbocycles. The van der Waals surface area contributed by atoms with Crippen LogP contribution < -0.4 is 4.72 Å². The van der Waals surface area contributed by atoms with Crippen LogP contribution in [-0.4, -0.2) is 25.5 Å². The SMILES string of the molecule is O=C(O)[C@@H](Cc1ccc(Br)cc1)NS(=O)(=O)c1ccccc1. The Bertz CT molecular complexity index is 745. The Balaban J connectivity index is 2.19. The summed E-state index contributed by atoms with van der Waals surface area (Å²) >= 11 is 3.29. The van der Waals surface area contributed by atoms with E-state index in [-0.39, 0.29) is 11.3 Å². The van der Waals surface area contributed by atoms with Gasteiger partial charge in [-0.1, -0.05) is 46.3 Å². The fourth-order valence-electron chi connectivity index (χ4n) is 1.89. The van der Waals surface area contributed by atoms with E-state index in [1.165, 1.54) is 12.1 Å². The van der Waals surface area contributed by atoms with E-state index in [1.807, 2.05) is 0 Å². The molecule has 0 heterocycles. The fourth-order valence-corrected chi connectivity index (χ4v) is 3.37. The summed E-state index contributed by atoms with van der Waals surface area (Å²) in [6.07, 6.45) is 0.0642. The van der Waals surface area contributed by atoms with Crippen molar-refractivity contribution in [3.8, 4) is 0 Å². The van der Waals surface area contributed by atoms with Crippen molar-refractivity contribution in [1.82, 2.24) is 4.72 Å². The van der Waals surface area contributed by atoms with Gasteiger partial charge in [0.05, 0.1) is 4.90 Å². The van der Waals surface area contributed by atoms with Crippen LogP contribution in [0.2, 0.25) is 0 Å². The molecule has 22 heavy (non-hydrogen) atoms. The predicted octanol–water partition coefficient (Wildman–Crippen LogP) is 2.42. The van der Waals surface area contributed by atoms with E-state index in [1.54, 1.807) is 42.5 Å². The van der Waals surface area contributed by atoms with Crippen LogP contribution in [0.4, 0.5) is 0 Å². The summed E-state index contributed by atoms with van der Waals surface area (Å²) in [5, 5.41) is 9.26. The first-order valence-electron chi connectivity index (χ1n) is 6.43. The van der Waals surface area contributed by atoms with Crippen LogP contribution in [0.1, 0.15) is 5.56 Å². The van der Waals surface area contributed by atoms with Gasteiger partial charge in [0, 0.05) is 4.47 Å². The third kappa shape index (κ3) is 4.40. The summed E-state index contributed by atoms with van der Waals surface area (Å²) < 4.78 is 27.5. The zero-order valence-corrected chi connectivity index (χ0v) is 13.8. The van der Waals surface area contributed by atoms with Crippen LogP contribution in [-0.2, 0) is 21.2 Å². The standard InChI is InChI=1S/C15H14BrNO4S/c16-12-8-6-11(7-9-12)10-14(15(18)19)17-22(20,21)13-4-2-1-3-5-13/h1-9,14,17H,10H2,(H,18,19)/t14-/m1/s1. The van der Waals surface area contributed by atoms with Crippen molar-refractivity contribution in [2.75, 3.05) is 0 Å². The summed E-state index contributed by atoms with van der Waals surface area (Å²) in [5.74, 6) is -1.22. The maximum atomic E-state index is 12.2. The first-order valence-corrected chi connectivity index (χ1v) is 8.71. The van der Waals surface area contributed by atoms with Crippen LogP contribution in [0.5, 0.6) is 0 Å². The average molecular weight is 384 g/mol. The molecular weight excluding hydrogens is 370 g/mol. The van der Waals surface area contributed by atoms with Gasteiger partial charge >= 0.3 is 5.97 Å². The Morgan fingerprint density at radius 2 is 1.68 bits per heavy atom. The highest BCUT2D eigenvalue weighted by Gasteiger charge is 2.25. The third-order valence-electron chi connectivity index (χ3n) is 3.00. The van der Waals surface area contributed by atoms with Crippen molar-refractivity contribution in [1.29, 1.82) is 0 Å². The van der Waals surface area contributed by atoms with Crippen molar-refractivity contribution >= 4 is 31.9 Å². The molecule has 0 unspecified atom stereocenters. The number of carboxylic acid groups (broad SMARTS) is 1. The zero-order chi connectivity index (χ0) is 16.2. The van der Waals surface area contributed by atoms with Gasteiger partial charge in [0.25, 0.3) is 0 Å². The molecule has 0 aliphatic rings. The molecule has 5 nitrogen and oxygen atoms in total. The van der Waals surface area contributed by atoms with Gasteiger partial charge < -0.3 is 5.11 Å². The number of rotatable bonds is 6. The van der Waals surface area contributed by atoms with Gasteiger partial charge in [-0.3, -0.25) is 4.79 Å². The van der Waals surface area contributed by atoms with Gasteiger partial charge in [-0.05, 0) is 36.2 Å². The highest BCUT2D eigenvalue weighted by atomic mass is 79.9. The van der Waals surface area contributed by atoms with Crippen LogP contribution in [0.25, 0.3) is 0 Å². The second-order valence-corrected chi connectivity index (χ2v) is 7.29. The van der Waals surface area contributed by atoms with Gasteiger partial charge in [0.1, 0.15) is 6.04 Å². The fraction of sp³-hybridized carbons (Fsp3) is 0.133. The third-order valence-corrected chi connectivity index (χ3v) is 5.02. The van der Waals surface area contributed by atoms with E-state index in [4.69, 9.17) is 0 Å². The van der Waals surface area contributed by atoms with E-state index in [0.29, 0.717) is 0 Å². The molecule has 0 radical (unpaired) electrons. The molecule has 0 amide bonds. The Morgan fingerprint density at radius 1 is 1.09 bits per heavy atom. The molecule has 0 aliphatic carbocycles. The molecule has 2 N–H and O–H groups in total. The van der Waals surface area contributed by atoms with Gasteiger partial charge in [-0.25, -0.2) is 8.42 Å². The maximum Gasteiger partial charge on any atom is 0.322 e. The molecule has 0 spiro atoms. The molecule has 116 valence electrons. The maximum absolute atomic E-state index is 12.2. The first kappa shape index (κ1) is 16.7. The number of carbonyl (C=O) groups is 1. The lowest BCUT2D eigenvalue weighted by Crippen LogP contribution is -2.42. The highest BCUT2D eigenvalue weighted by molar-refractivity contribution is 9.10. The van der Waals surface area contributed by atoms with Crippen molar-refractivity contribution < 1.29 is 18.3 Å². The Hall–Kier alpha value is -1.70. The molecule has 7 heteroatoms. The van der Waals surface area contributed by atoms with Crippen LogP contribution in [0.3, 0.4) is 0 Å². The minimum atomic E-state index is -3.87. The molecule has 1 atom stereocenters. The second-order valence-electron chi connectivity index (χ2n) is 4.66. The van der Waals surface area contributed by atoms with Crippen LogP contribution in [0.15, 0.2) is 64.0 Å². The van der Waals surface area contributed by atoms with Crippen LogP contribution >= 0.6 is 15.9 Å². The molecular formula is C15H14BrNO4S. The number of benzene rings is 2.